The van der Waals surface area contributed by atoms with E-state index >= 15 is 0 Å². The number of carbonyl (C=O) groups excluding carboxylic acids is 1. The topological polar surface area (TPSA) is 60.9 Å². The number of nitrogens with two attached hydrogens (primary N) is 1. The molecule has 0 unspecified atom stereocenters. The Morgan fingerprint density at radius 3 is 2.70 bits per heavy atom. The average molecular weight is 315 g/mol. The van der Waals surface area contributed by atoms with Crippen molar-refractivity contribution in [1.29, 1.82) is 0 Å². The summed E-state index contributed by atoms with van der Waals surface area (Å²) in [5, 5.41) is 4.56. The van der Waals surface area contributed by atoms with Crippen LogP contribution in [0.1, 0.15) is 49.3 Å². The van der Waals surface area contributed by atoms with Gasteiger partial charge in [0, 0.05) is 17.2 Å². The number of aromatic nitrogens is 2. The molecule has 1 aliphatic carbocycles. The Morgan fingerprint density at radius 2 is 2.04 bits per heavy atom. The molecule has 0 aliphatic heterocycles. The molecular weight excluding hydrogens is 293 g/mol. The van der Waals surface area contributed by atoms with Gasteiger partial charge in [-0.1, -0.05) is 19.3 Å². The van der Waals surface area contributed by atoms with Crippen LogP contribution in [0, 0.1) is 12.7 Å². The zero-order valence-corrected chi connectivity index (χ0v) is 13.4. The molecule has 1 aromatic heterocycles. The van der Waals surface area contributed by atoms with E-state index in [2.05, 4.69) is 5.10 Å². The Labute approximate surface area is 135 Å². The number of aryl methyl sites for hydroxylation is 1. The SMILES string of the molecule is Cc1cc(-c2cc(C3CCCCC3)n(CC(N)=O)n2)ccc1F. The summed E-state index contributed by atoms with van der Waals surface area (Å²) in [5.41, 5.74) is 8.66. The second kappa shape index (κ2) is 6.52. The van der Waals surface area contributed by atoms with Crippen LogP contribution < -0.4 is 5.73 Å². The van der Waals surface area contributed by atoms with E-state index in [0.29, 0.717) is 11.5 Å². The molecular formula is C18H22FN3O. The first kappa shape index (κ1) is 15.7. The predicted octanol–water partition coefficient (Wildman–Crippen LogP) is 3.53. The van der Waals surface area contributed by atoms with Crippen molar-refractivity contribution in [3.05, 3.63) is 41.3 Å². The molecule has 1 heterocycles. The van der Waals surface area contributed by atoms with Crippen molar-refractivity contribution in [2.24, 2.45) is 5.73 Å². The first-order valence-corrected chi connectivity index (χ1v) is 8.17. The fraction of sp³-hybridized carbons (Fsp3) is 0.444. The highest BCUT2D eigenvalue weighted by Gasteiger charge is 2.22. The Hall–Kier alpha value is -2.17. The summed E-state index contributed by atoms with van der Waals surface area (Å²) in [6, 6.07) is 7.00. The van der Waals surface area contributed by atoms with Gasteiger partial charge in [-0.15, -0.1) is 0 Å². The number of hydrogen-bond donors (Lipinski definition) is 1. The first-order valence-electron chi connectivity index (χ1n) is 8.17. The highest BCUT2D eigenvalue weighted by molar-refractivity contribution is 5.73. The quantitative estimate of drug-likeness (QED) is 0.938. The van der Waals surface area contributed by atoms with Crippen molar-refractivity contribution < 1.29 is 9.18 Å². The van der Waals surface area contributed by atoms with Crippen molar-refractivity contribution in [1.82, 2.24) is 9.78 Å². The van der Waals surface area contributed by atoms with E-state index in [1.165, 1.54) is 25.3 Å². The summed E-state index contributed by atoms with van der Waals surface area (Å²) < 4.78 is 15.2. The number of hydrogen-bond acceptors (Lipinski definition) is 2. The van der Waals surface area contributed by atoms with Gasteiger partial charge in [0.2, 0.25) is 5.91 Å². The number of rotatable bonds is 4. The second-order valence-electron chi connectivity index (χ2n) is 6.38. The molecule has 0 saturated heterocycles. The molecule has 1 amide bonds. The van der Waals surface area contributed by atoms with Crippen LogP contribution in [0.2, 0.25) is 0 Å². The molecule has 1 aliphatic rings. The maximum Gasteiger partial charge on any atom is 0.239 e. The Balaban J connectivity index is 1.99. The molecule has 122 valence electrons. The van der Waals surface area contributed by atoms with Crippen molar-refractivity contribution in [3.63, 3.8) is 0 Å². The monoisotopic (exact) mass is 315 g/mol. The van der Waals surface area contributed by atoms with E-state index in [1.54, 1.807) is 23.7 Å². The highest BCUT2D eigenvalue weighted by atomic mass is 19.1. The lowest BCUT2D eigenvalue weighted by Gasteiger charge is -2.22. The van der Waals surface area contributed by atoms with Gasteiger partial charge in [0.15, 0.2) is 0 Å². The first-order chi connectivity index (χ1) is 11.0. The van der Waals surface area contributed by atoms with Gasteiger partial charge in [0.1, 0.15) is 12.4 Å². The third-order valence-corrected chi connectivity index (χ3v) is 4.59. The predicted molar refractivity (Wildman–Crippen MR) is 87.4 cm³/mol. The third-order valence-electron chi connectivity index (χ3n) is 4.59. The van der Waals surface area contributed by atoms with Gasteiger partial charge < -0.3 is 5.73 Å². The van der Waals surface area contributed by atoms with Crippen molar-refractivity contribution in [2.45, 2.75) is 51.5 Å². The van der Waals surface area contributed by atoms with E-state index in [4.69, 9.17) is 5.73 Å². The lowest BCUT2D eigenvalue weighted by Crippen LogP contribution is -2.22. The second-order valence-corrected chi connectivity index (χ2v) is 6.38. The minimum atomic E-state index is -0.396. The normalized spacial score (nSPS) is 15.7. The fourth-order valence-electron chi connectivity index (χ4n) is 3.38. The van der Waals surface area contributed by atoms with E-state index in [1.807, 2.05) is 6.07 Å². The van der Waals surface area contributed by atoms with E-state index < -0.39 is 5.91 Å². The highest BCUT2D eigenvalue weighted by Crippen LogP contribution is 2.34. The molecule has 2 N–H and O–H groups in total. The fourth-order valence-corrected chi connectivity index (χ4v) is 3.38. The van der Waals surface area contributed by atoms with Gasteiger partial charge in [-0.2, -0.15) is 5.10 Å². The molecule has 0 atom stereocenters. The Kier molecular flexibility index (Phi) is 4.46. The van der Waals surface area contributed by atoms with Crippen LogP contribution in [-0.4, -0.2) is 15.7 Å². The van der Waals surface area contributed by atoms with Crippen molar-refractivity contribution in [2.75, 3.05) is 0 Å². The van der Waals surface area contributed by atoms with Gasteiger partial charge in [-0.25, -0.2) is 4.39 Å². The summed E-state index contributed by atoms with van der Waals surface area (Å²) >= 11 is 0. The minimum Gasteiger partial charge on any atom is -0.368 e. The van der Waals surface area contributed by atoms with Crippen LogP contribution in [0.15, 0.2) is 24.3 Å². The summed E-state index contributed by atoms with van der Waals surface area (Å²) in [6.45, 7) is 1.83. The summed E-state index contributed by atoms with van der Waals surface area (Å²) in [4.78, 5) is 11.4. The van der Waals surface area contributed by atoms with E-state index in [0.717, 1.165) is 29.8 Å². The van der Waals surface area contributed by atoms with E-state index in [-0.39, 0.29) is 12.4 Å². The van der Waals surface area contributed by atoms with Crippen LogP contribution in [-0.2, 0) is 11.3 Å². The average Bonchev–Trinajstić information content (AvgIpc) is 2.94. The zero-order chi connectivity index (χ0) is 16.4. The summed E-state index contributed by atoms with van der Waals surface area (Å²) in [6.07, 6.45) is 5.91. The maximum atomic E-state index is 13.5. The molecule has 2 aromatic rings. The van der Waals surface area contributed by atoms with Gasteiger partial charge >= 0.3 is 0 Å². The summed E-state index contributed by atoms with van der Waals surface area (Å²) in [5.74, 6) is -0.198. The molecule has 0 radical (unpaired) electrons. The number of benzene rings is 1. The Bertz CT molecular complexity index is 717. The van der Waals surface area contributed by atoms with Gasteiger partial charge in [0.05, 0.1) is 5.69 Å². The molecule has 0 bridgehead atoms. The maximum absolute atomic E-state index is 13.5. The minimum absolute atomic E-state index is 0.0893. The van der Waals surface area contributed by atoms with Crippen LogP contribution >= 0.6 is 0 Å². The largest absolute Gasteiger partial charge is 0.368 e. The molecule has 3 rings (SSSR count). The van der Waals surface area contributed by atoms with Crippen molar-refractivity contribution >= 4 is 5.91 Å². The van der Waals surface area contributed by atoms with Crippen LogP contribution in [0.25, 0.3) is 11.3 Å². The van der Waals surface area contributed by atoms with Gasteiger partial charge in [0.25, 0.3) is 0 Å². The molecule has 1 saturated carbocycles. The number of nitrogens with zero attached hydrogens (tertiary/aromatic N) is 2. The molecule has 4 nitrogen and oxygen atoms in total. The van der Waals surface area contributed by atoms with Crippen LogP contribution in [0.4, 0.5) is 4.39 Å². The summed E-state index contributed by atoms with van der Waals surface area (Å²) in [7, 11) is 0. The van der Waals surface area contributed by atoms with Gasteiger partial charge in [-0.3, -0.25) is 9.48 Å². The number of primary amides is 1. The van der Waals surface area contributed by atoms with Crippen molar-refractivity contribution in [3.8, 4) is 11.3 Å². The molecule has 1 fully saturated rings. The molecule has 23 heavy (non-hydrogen) atoms. The van der Waals surface area contributed by atoms with Crippen LogP contribution in [0.5, 0.6) is 0 Å². The molecule has 0 spiro atoms. The lowest BCUT2D eigenvalue weighted by molar-refractivity contribution is -0.118. The smallest absolute Gasteiger partial charge is 0.239 e. The zero-order valence-electron chi connectivity index (χ0n) is 13.4. The Morgan fingerprint density at radius 1 is 1.30 bits per heavy atom. The van der Waals surface area contributed by atoms with Crippen LogP contribution in [0.3, 0.4) is 0 Å². The van der Waals surface area contributed by atoms with Gasteiger partial charge in [-0.05, 0) is 49.6 Å². The molecule has 1 aromatic carbocycles. The third kappa shape index (κ3) is 3.44. The number of amides is 1. The van der Waals surface area contributed by atoms with E-state index in [9.17, 15) is 9.18 Å². The lowest BCUT2D eigenvalue weighted by atomic mass is 9.86. The standard InChI is InChI=1S/C18H22FN3O/c1-12-9-14(7-8-15(12)19)16-10-17(13-5-3-2-4-6-13)22(21-16)11-18(20)23/h7-10,13H,2-6,11H2,1H3,(H2,20,23). The number of carbonyl (C=O) groups is 1. The number of halogens is 1. The molecule has 5 heteroatoms.